The molecule has 0 aliphatic carbocycles. The first-order valence-corrected chi connectivity index (χ1v) is 11.7. The molecular formula is C23H24N2O3S2. The van der Waals surface area contributed by atoms with Crippen molar-refractivity contribution in [2.75, 3.05) is 26.8 Å². The first-order chi connectivity index (χ1) is 14.7. The number of carbonyl (C=O) groups is 2. The van der Waals surface area contributed by atoms with Crippen LogP contribution in [0.5, 0.6) is 0 Å². The van der Waals surface area contributed by atoms with Crippen LogP contribution in [-0.4, -0.2) is 43.5 Å². The van der Waals surface area contributed by atoms with Gasteiger partial charge in [0.2, 0.25) is 5.91 Å². The van der Waals surface area contributed by atoms with E-state index in [9.17, 15) is 9.59 Å². The van der Waals surface area contributed by atoms with Gasteiger partial charge < -0.3 is 15.0 Å². The minimum atomic E-state index is -0.461. The summed E-state index contributed by atoms with van der Waals surface area (Å²) >= 11 is 3.23. The molecule has 0 bridgehead atoms. The third-order valence-electron chi connectivity index (χ3n) is 5.39. The molecule has 2 aromatic heterocycles. The summed E-state index contributed by atoms with van der Waals surface area (Å²) in [5.41, 5.74) is 2.61. The molecule has 1 aliphatic rings. The monoisotopic (exact) mass is 440 g/mol. The zero-order valence-corrected chi connectivity index (χ0v) is 18.4. The van der Waals surface area contributed by atoms with Crippen LogP contribution in [0.1, 0.15) is 38.3 Å². The molecule has 0 spiro atoms. The highest BCUT2D eigenvalue weighted by Crippen LogP contribution is 2.44. The Kier molecular flexibility index (Phi) is 6.62. The summed E-state index contributed by atoms with van der Waals surface area (Å²) < 4.78 is 5.26. The van der Waals surface area contributed by atoms with Crippen LogP contribution < -0.4 is 5.32 Å². The highest BCUT2D eigenvalue weighted by Gasteiger charge is 2.44. The Hall–Kier alpha value is -2.48. The molecule has 5 nitrogen and oxygen atoms in total. The fraction of sp³-hybridized carbons (Fsp3) is 0.304. The van der Waals surface area contributed by atoms with E-state index in [2.05, 4.69) is 16.8 Å². The van der Waals surface area contributed by atoms with Crippen molar-refractivity contribution in [1.82, 2.24) is 10.2 Å². The Balaban J connectivity index is 1.67. The van der Waals surface area contributed by atoms with Gasteiger partial charge >= 0.3 is 0 Å². The lowest BCUT2D eigenvalue weighted by Gasteiger charge is -2.41. The fourth-order valence-electron chi connectivity index (χ4n) is 3.96. The number of nitrogens with zero attached hydrogens (tertiary/aromatic N) is 1. The van der Waals surface area contributed by atoms with E-state index < -0.39 is 5.92 Å². The molecule has 3 aromatic rings. The van der Waals surface area contributed by atoms with Crippen LogP contribution in [0.25, 0.3) is 0 Å². The van der Waals surface area contributed by atoms with Crippen molar-refractivity contribution in [1.29, 1.82) is 0 Å². The van der Waals surface area contributed by atoms with Gasteiger partial charge in [0, 0.05) is 30.6 Å². The average molecular weight is 441 g/mol. The maximum atomic E-state index is 13.4. The molecule has 0 fully saturated rings. The first-order valence-electron chi connectivity index (χ1n) is 9.91. The number of thiophene rings is 2. The number of carbonyl (C=O) groups excluding carboxylic acids is 2. The molecule has 0 radical (unpaired) electrons. The van der Waals surface area contributed by atoms with E-state index in [1.165, 1.54) is 5.56 Å². The number of amides is 2. The highest BCUT2D eigenvalue weighted by molar-refractivity contribution is 7.10. The molecule has 0 saturated heterocycles. The number of fused-ring (bicyclic) bond motifs is 1. The number of nitrogens with one attached hydrogen (secondary N) is 1. The van der Waals surface area contributed by atoms with Crippen molar-refractivity contribution >= 4 is 34.5 Å². The molecule has 1 aliphatic heterocycles. The number of hydrogen-bond acceptors (Lipinski definition) is 5. The van der Waals surface area contributed by atoms with E-state index in [0.29, 0.717) is 25.3 Å². The fourth-order valence-corrected chi connectivity index (χ4v) is 5.54. The average Bonchev–Trinajstić information content (AvgIpc) is 3.47. The number of methoxy groups -OCH3 is 1. The van der Waals surface area contributed by atoms with E-state index in [0.717, 1.165) is 16.9 Å². The lowest BCUT2D eigenvalue weighted by atomic mass is 9.81. The Labute approximate surface area is 184 Å². The molecule has 0 saturated carbocycles. The summed E-state index contributed by atoms with van der Waals surface area (Å²) in [4.78, 5) is 29.6. The summed E-state index contributed by atoms with van der Waals surface area (Å²) in [7, 11) is 1.62. The van der Waals surface area contributed by atoms with Gasteiger partial charge in [0.25, 0.3) is 5.91 Å². The molecule has 156 valence electrons. The predicted octanol–water partition coefficient (Wildman–Crippen LogP) is 4.10. The van der Waals surface area contributed by atoms with Crippen molar-refractivity contribution in [3.05, 3.63) is 80.2 Å². The van der Waals surface area contributed by atoms with Gasteiger partial charge in [-0.2, -0.15) is 11.3 Å². The maximum absolute atomic E-state index is 13.4. The van der Waals surface area contributed by atoms with Gasteiger partial charge in [-0.25, -0.2) is 0 Å². The largest absolute Gasteiger partial charge is 0.383 e. The zero-order valence-electron chi connectivity index (χ0n) is 16.7. The van der Waals surface area contributed by atoms with Gasteiger partial charge in [0.1, 0.15) is 0 Å². The number of rotatable bonds is 8. The van der Waals surface area contributed by atoms with Crippen LogP contribution in [0.3, 0.4) is 0 Å². The molecule has 30 heavy (non-hydrogen) atoms. The standard InChI is InChI=1S/C23H24N2O3S2/c1-28-12-11-25-21(19-7-4-13-30-19)20(17-5-2-3-6-18(17)23(25)27)22(26)24-10-8-16-9-14-29-15-16/h2-7,9,13-15,20-21H,8,10-12H2,1H3,(H,24,26)/t20-,21-/m1/s1. The van der Waals surface area contributed by atoms with Gasteiger partial charge in [-0.15, -0.1) is 11.3 Å². The molecular weight excluding hydrogens is 416 g/mol. The molecule has 2 atom stereocenters. The SMILES string of the molecule is COCCN1C(=O)c2ccccc2[C@@H](C(=O)NCCc2ccsc2)[C@H]1c1cccs1. The van der Waals surface area contributed by atoms with Crippen molar-refractivity contribution in [2.45, 2.75) is 18.4 Å². The quantitative estimate of drug-likeness (QED) is 0.574. The second-order valence-electron chi connectivity index (χ2n) is 7.19. The van der Waals surface area contributed by atoms with Gasteiger partial charge in [-0.3, -0.25) is 9.59 Å². The molecule has 0 unspecified atom stereocenters. The summed E-state index contributed by atoms with van der Waals surface area (Å²) in [6.45, 7) is 1.42. The van der Waals surface area contributed by atoms with Gasteiger partial charge in [-0.1, -0.05) is 24.3 Å². The molecule has 7 heteroatoms. The number of hydrogen-bond donors (Lipinski definition) is 1. The minimum Gasteiger partial charge on any atom is -0.383 e. The van der Waals surface area contributed by atoms with Crippen molar-refractivity contribution in [3.8, 4) is 0 Å². The van der Waals surface area contributed by atoms with Gasteiger partial charge in [-0.05, 0) is 51.9 Å². The second-order valence-corrected chi connectivity index (χ2v) is 8.95. The van der Waals surface area contributed by atoms with E-state index in [4.69, 9.17) is 4.74 Å². The first kappa shape index (κ1) is 20.8. The molecule has 2 amide bonds. The predicted molar refractivity (Wildman–Crippen MR) is 120 cm³/mol. The Morgan fingerprint density at radius 2 is 2.03 bits per heavy atom. The minimum absolute atomic E-state index is 0.0500. The maximum Gasteiger partial charge on any atom is 0.254 e. The lowest BCUT2D eigenvalue weighted by Crippen LogP contribution is -2.48. The summed E-state index contributed by atoms with van der Waals surface area (Å²) in [5.74, 6) is -0.564. The van der Waals surface area contributed by atoms with Crippen LogP contribution in [0.2, 0.25) is 0 Å². The van der Waals surface area contributed by atoms with Gasteiger partial charge in [0.05, 0.1) is 18.6 Å². The van der Waals surface area contributed by atoms with E-state index in [1.807, 2.05) is 47.2 Å². The van der Waals surface area contributed by atoms with E-state index in [1.54, 1.807) is 34.7 Å². The van der Waals surface area contributed by atoms with Crippen LogP contribution in [0.4, 0.5) is 0 Å². The summed E-state index contributed by atoms with van der Waals surface area (Å²) in [6, 6.07) is 13.2. The third-order valence-corrected chi connectivity index (χ3v) is 7.06. The number of ether oxygens (including phenoxy) is 1. The van der Waals surface area contributed by atoms with Crippen LogP contribution in [-0.2, 0) is 16.0 Å². The Morgan fingerprint density at radius 1 is 1.17 bits per heavy atom. The topological polar surface area (TPSA) is 58.6 Å². The number of benzene rings is 1. The van der Waals surface area contributed by atoms with Crippen LogP contribution in [0.15, 0.2) is 58.6 Å². The Morgan fingerprint density at radius 3 is 2.77 bits per heavy atom. The van der Waals surface area contributed by atoms with Crippen molar-refractivity contribution in [3.63, 3.8) is 0 Å². The molecule has 1 N–H and O–H groups in total. The highest BCUT2D eigenvalue weighted by atomic mass is 32.1. The van der Waals surface area contributed by atoms with Crippen LogP contribution in [0, 0.1) is 0 Å². The summed E-state index contributed by atoms with van der Waals surface area (Å²) in [6.07, 6.45) is 0.791. The summed E-state index contributed by atoms with van der Waals surface area (Å²) in [5, 5.41) is 9.24. The normalized spacial score (nSPS) is 18.3. The second kappa shape index (κ2) is 9.55. The van der Waals surface area contributed by atoms with Crippen molar-refractivity contribution < 1.29 is 14.3 Å². The molecule has 1 aromatic carbocycles. The zero-order chi connectivity index (χ0) is 20.9. The van der Waals surface area contributed by atoms with E-state index in [-0.39, 0.29) is 17.9 Å². The van der Waals surface area contributed by atoms with Crippen LogP contribution >= 0.6 is 22.7 Å². The van der Waals surface area contributed by atoms with Gasteiger partial charge in [0.15, 0.2) is 0 Å². The molecule has 4 rings (SSSR count). The van der Waals surface area contributed by atoms with Crippen molar-refractivity contribution in [2.24, 2.45) is 0 Å². The lowest BCUT2D eigenvalue weighted by molar-refractivity contribution is -0.124. The van der Waals surface area contributed by atoms with E-state index >= 15 is 0 Å². The third kappa shape index (κ3) is 4.19. The molecule has 3 heterocycles. The smallest absolute Gasteiger partial charge is 0.254 e. The Bertz CT molecular complexity index is 986.